The zero-order chi connectivity index (χ0) is 31.0. The van der Waals surface area contributed by atoms with Gasteiger partial charge < -0.3 is 13.9 Å². The zero-order valence-electron chi connectivity index (χ0n) is 25.2. The van der Waals surface area contributed by atoms with Crippen LogP contribution in [0, 0.1) is 0 Å². The summed E-state index contributed by atoms with van der Waals surface area (Å²) in [4.78, 5) is 1.87. The van der Waals surface area contributed by atoms with Crippen molar-refractivity contribution in [3.63, 3.8) is 0 Å². The summed E-state index contributed by atoms with van der Waals surface area (Å²) in [6, 6.07) is 34.8. The highest BCUT2D eigenvalue weighted by Gasteiger charge is 2.23. The molecule has 222 valence electrons. The second-order valence-corrected chi connectivity index (χ2v) is 12.2. The topological polar surface area (TPSA) is 76.6 Å². The predicted octanol–water partition coefficient (Wildman–Crippen LogP) is 7.74. The van der Waals surface area contributed by atoms with E-state index in [0.29, 0.717) is 33.4 Å². The van der Waals surface area contributed by atoms with Gasteiger partial charge in [0.1, 0.15) is 28.5 Å². The Morgan fingerprint density at radius 1 is 0.773 bits per heavy atom. The number of fused-ring (bicyclic) bond motifs is 2. The lowest BCUT2D eigenvalue weighted by Gasteiger charge is -2.24. The van der Waals surface area contributed by atoms with Crippen LogP contribution in [0.15, 0.2) is 119 Å². The quantitative estimate of drug-likeness (QED) is 0.106. The third kappa shape index (κ3) is 5.29. The maximum atomic E-state index is 12.4. The first-order valence-electron chi connectivity index (χ1n) is 14.7. The summed E-state index contributed by atoms with van der Waals surface area (Å²) in [5, 5.41) is 1.63. The lowest BCUT2D eigenvalue weighted by atomic mass is 9.93. The van der Waals surface area contributed by atoms with Crippen molar-refractivity contribution in [3.8, 4) is 22.5 Å². The van der Waals surface area contributed by atoms with Gasteiger partial charge in [0.25, 0.3) is 0 Å². The van der Waals surface area contributed by atoms with Gasteiger partial charge in [-0.2, -0.15) is 4.58 Å². The van der Waals surface area contributed by atoms with Gasteiger partial charge in [0.15, 0.2) is 0 Å². The molecule has 1 aliphatic heterocycles. The van der Waals surface area contributed by atoms with Gasteiger partial charge in [-0.15, -0.1) is 0 Å². The van der Waals surface area contributed by atoms with Gasteiger partial charge in [-0.05, 0) is 48.7 Å². The molecule has 0 atom stereocenters. The van der Waals surface area contributed by atoms with Crippen molar-refractivity contribution in [1.82, 2.24) is 4.58 Å². The van der Waals surface area contributed by atoms with Crippen LogP contribution in [0.2, 0.25) is 0 Å². The van der Waals surface area contributed by atoms with E-state index in [1.165, 1.54) is 17.2 Å². The molecule has 0 radical (unpaired) electrons. The SMILES string of the molecule is CCc1ccccc1N(C)c1ccc2c(-c3ccccc3S(=O)(=O)[O-])c3ccc(=[N+](C)c4ccccc4CC)cc-3oc2c1. The van der Waals surface area contributed by atoms with Crippen LogP contribution in [0.25, 0.3) is 33.4 Å². The average Bonchev–Trinajstić information content (AvgIpc) is 3.05. The Hall–Kier alpha value is -4.72. The van der Waals surface area contributed by atoms with Crippen molar-refractivity contribution in [1.29, 1.82) is 0 Å². The fourth-order valence-electron chi connectivity index (χ4n) is 6.02. The fourth-order valence-corrected chi connectivity index (χ4v) is 6.70. The Morgan fingerprint density at radius 2 is 1.45 bits per heavy atom. The van der Waals surface area contributed by atoms with E-state index in [4.69, 9.17) is 4.42 Å². The molecule has 4 aromatic carbocycles. The van der Waals surface area contributed by atoms with Gasteiger partial charge in [0, 0.05) is 64.3 Å². The summed E-state index contributed by atoms with van der Waals surface area (Å²) in [6.45, 7) is 4.27. The van der Waals surface area contributed by atoms with Crippen LogP contribution < -0.4 is 14.8 Å². The molecule has 7 heteroatoms. The summed E-state index contributed by atoms with van der Waals surface area (Å²) in [5.41, 5.74) is 7.84. The normalized spacial score (nSPS) is 12.5. The Labute approximate surface area is 258 Å². The third-order valence-corrected chi connectivity index (χ3v) is 9.25. The van der Waals surface area contributed by atoms with Gasteiger partial charge in [-0.3, -0.25) is 0 Å². The molecule has 0 amide bonds. The molecule has 4 aromatic rings. The number of benzene rings is 5. The van der Waals surface area contributed by atoms with Crippen molar-refractivity contribution in [2.45, 2.75) is 31.6 Å². The van der Waals surface area contributed by atoms with E-state index >= 15 is 0 Å². The molecule has 6 nitrogen and oxygen atoms in total. The van der Waals surface area contributed by atoms with Crippen molar-refractivity contribution < 1.29 is 17.4 Å². The maximum Gasteiger partial charge on any atom is 0.209 e. The molecule has 0 saturated heterocycles. The molecule has 0 unspecified atom stereocenters. The van der Waals surface area contributed by atoms with Gasteiger partial charge in [0.2, 0.25) is 11.0 Å². The van der Waals surface area contributed by atoms with E-state index in [0.717, 1.165) is 35.3 Å². The van der Waals surface area contributed by atoms with Gasteiger partial charge >= 0.3 is 0 Å². The zero-order valence-corrected chi connectivity index (χ0v) is 26.1. The Morgan fingerprint density at radius 3 is 2.20 bits per heavy atom. The van der Waals surface area contributed by atoms with Crippen molar-refractivity contribution >= 4 is 38.1 Å². The Balaban J connectivity index is 1.66. The van der Waals surface area contributed by atoms with Gasteiger partial charge in [-0.25, -0.2) is 8.42 Å². The van der Waals surface area contributed by atoms with Gasteiger partial charge in [-0.1, -0.05) is 68.4 Å². The number of rotatable bonds is 7. The largest absolute Gasteiger partial charge is 0.744 e. The molecule has 2 aliphatic rings. The second-order valence-electron chi connectivity index (χ2n) is 10.9. The van der Waals surface area contributed by atoms with Crippen LogP contribution in [-0.2, 0) is 23.0 Å². The van der Waals surface area contributed by atoms with Crippen molar-refractivity contribution in [2.24, 2.45) is 0 Å². The standard InChI is InChI=1S/C37H34N2O4S/c1-5-25-13-7-10-16-32(25)38(3)27-19-21-29-34(23-27)43-35-24-28(39(4)33-17-11-8-14-26(33)6-2)20-22-30(35)37(29)31-15-9-12-18-36(31)44(40,41)42/h7-24H,5-6H2,1-4H3. The first-order chi connectivity index (χ1) is 21.2. The molecule has 44 heavy (non-hydrogen) atoms. The summed E-state index contributed by atoms with van der Waals surface area (Å²) < 4.78 is 46.0. The minimum Gasteiger partial charge on any atom is -0.744 e. The van der Waals surface area contributed by atoms with E-state index < -0.39 is 10.1 Å². The van der Waals surface area contributed by atoms with Crippen molar-refractivity contribution in [3.05, 3.63) is 126 Å². The lowest BCUT2D eigenvalue weighted by molar-refractivity contribution is 0.463. The van der Waals surface area contributed by atoms with Crippen molar-refractivity contribution in [2.75, 3.05) is 19.0 Å². The molecule has 0 aromatic heterocycles. The van der Waals surface area contributed by atoms with E-state index in [2.05, 4.69) is 47.6 Å². The first kappa shape index (κ1) is 29.4. The highest BCUT2D eigenvalue weighted by atomic mass is 32.2. The number of para-hydroxylation sites is 2. The van der Waals surface area contributed by atoms with Gasteiger partial charge in [0.05, 0.1) is 11.0 Å². The smallest absolute Gasteiger partial charge is 0.209 e. The lowest BCUT2D eigenvalue weighted by Crippen LogP contribution is -2.22. The second kappa shape index (κ2) is 11.8. The minimum absolute atomic E-state index is 0.259. The summed E-state index contributed by atoms with van der Waals surface area (Å²) in [7, 11) is -0.701. The summed E-state index contributed by atoms with van der Waals surface area (Å²) >= 11 is 0. The molecule has 0 bridgehead atoms. The molecule has 6 rings (SSSR count). The van der Waals surface area contributed by atoms with E-state index in [1.54, 1.807) is 18.2 Å². The molecule has 1 aliphatic carbocycles. The van der Waals surface area contributed by atoms with Crippen LogP contribution >= 0.6 is 0 Å². The van der Waals surface area contributed by atoms with E-state index in [1.807, 2.05) is 74.8 Å². The third-order valence-electron chi connectivity index (χ3n) is 8.36. The monoisotopic (exact) mass is 602 g/mol. The van der Waals surface area contributed by atoms with Crippen LogP contribution in [0.1, 0.15) is 25.0 Å². The highest BCUT2D eigenvalue weighted by Crippen LogP contribution is 2.43. The van der Waals surface area contributed by atoms with Crippen LogP contribution in [0.4, 0.5) is 17.1 Å². The Kier molecular flexibility index (Phi) is 7.84. The average molecular weight is 603 g/mol. The molecule has 0 fully saturated rings. The Bertz CT molecular complexity index is 2170. The number of anilines is 2. The number of nitrogens with zero attached hydrogens (tertiary/aromatic N) is 2. The predicted molar refractivity (Wildman–Crippen MR) is 177 cm³/mol. The van der Waals surface area contributed by atoms with E-state index in [-0.39, 0.29) is 4.90 Å². The highest BCUT2D eigenvalue weighted by molar-refractivity contribution is 7.85. The van der Waals surface area contributed by atoms with Crippen LogP contribution in [0.5, 0.6) is 0 Å². The summed E-state index contributed by atoms with van der Waals surface area (Å²) in [6.07, 6.45) is 1.79. The molecule has 0 spiro atoms. The first-order valence-corrected chi connectivity index (χ1v) is 16.1. The molecule has 0 saturated carbocycles. The fraction of sp³-hybridized carbons (Fsp3) is 0.162. The molecule has 1 heterocycles. The van der Waals surface area contributed by atoms with Crippen LogP contribution in [0.3, 0.4) is 0 Å². The molecule has 0 N–H and O–H groups in total. The summed E-state index contributed by atoms with van der Waals surface area (Å²) in [5.74, 6) is 0.581. The van der Waals surface area contributed by atoms with Crippen LogP contribution in [-0.4, -0.2) is 27.1 Å². The maximum absolute atomic E-state index is 12.4. The molecular formula is C37H34N2O4S. The molecular weight excluding hydrogens is 568 g/mol. The minimum atomic E-state index is -4.75. The number of hydrogen-bond acceptors (Lipinski definition) is 5. The number of hydrogen-bond donors (Lipinski definition) is 0. The number of aryl methyl sites for hydroxylation is 2. The van der Waals surface area contributed by atoms with E-state index in [9.17, 15) is 13.0 Å².